The van der Waals surface area contributed by atoms with Crippen LogP contribution in [-0.2, 0) is 6.54 Å². The number of imidazole rings is 1. The summed E-state index contributed by atoms with van der Waals surface area (Å²) >= 11 is 0. The third kappa shape index (κ3) is 3.81. The van der Waals surface area contributed by atoms with Gasteiger partial charge in [-0.25, -0.2) is 9.78 Å². The Hall–Kier alpha value is -4.12. The first-order chi connectivity index (χ1) is 15.7. The maximum Gasteiger partial charge on any atom is 0.335 e. The van der Waals surface area contributed by atoms with Gasteiger partial charge in [0.15, 0.2) is 0 Å². The minimum atomic E-state index is -0.935. The van der Waals surface area contributed by atoms with Gasteiger partial charge in [0, 0.05) is 17.5 Å². The number of hydrogen-bond donors (Lipinski definition) is 1. The summed E-state index contributed by atoms with van der Waals surface area (Å²) in [7, 11) is 0. The number of benzene rings is 4. The number of carboxylic acid groups (broad SMARTS) is 1. The van der Waals surface area contributed by atoms with Crippen molar-refractivity contribution in [1.82, 2.24) is 9.55 Å². The van der Waals surface area contributed by atoms with Gasteiger partial charge in [0.2, 0.25) is 0 Å². The number of aromatic nitrogens is 2. The van der Waals surface area contributed by atoms with Gasteiger partial charge in [0.25, 0.3) is 0 Å². The zero-order valence-electron chi connectivity index (χ0n) is 17.4. The summed E-state index contributed by atoms with van der Waals surface area (Å²) in [5.74, 6) is 0.784. The lowest BCUT2D eigenvalue weighted by Crippen LogP contribution is -2.06. The van der Waals surface area contributed by atoms with Crippen LogP contribution in [0, 0.1) is 0 Å². The first kappa shape index (κ1) is 19.8. The van der Waals surface area contributed by atoms with Gasteiger partial charge in [0.05, 0.1) is 23.2 Å². The van der Waals surface area contributed by atoms with Gasteiger partial charge in [-0.2, -0.15) is 0 Å². The van der Waals surface area contributed by atoms with Gasteiger partial charge >= 0.3 is 5.97 Å². The molecule has 32 heavy (non-hydrogen) atoms. The van der Waals surface area contributed by atoms with E-state index in [4.69, 9.17) is 9.72 Å². The zero-order chi connectivity index (χ0) is 21.9. The molecule has 0 atom stereocenters. The number of fused-ring (bicyclic) bond motifs is 2. The molecule has 158 valence electrons. The molecule has 0 saturated heterocycles. The molecule has 0 saturated carbocycles. The van der Waals surface area contributed by atoms with Gasteiger partial charge in [0.1, 0.15) is 11.6 Å². The molecule has 1 aromatic heterocycles. The molecular formula is C27H22N2O3. The minimum Gasteiger partial charge on any atom is -0.493 e. The highest BCUT2D eigenvalue weighted by atomic mass is 16.5. The summed E-state index contributed by atoms with van der Waals surface area (Å²) in [5.41, 5.74) is 3.12. The first-order valence-electron chi connectivity index (χ1n) is 10.6. The normalized spacial score (nSPS) is 11.1. The summed E-state index contributed by atoms with van der Waals surface area (Å²) in [6.45, 7) is 1.32. The van der Waals surface area contributed by atoms with Crippen LogP contribution >= 0.6 is 0 Å². The highest BCUT2D eigenvalue weighted by Crippen LogP contribution is 2.27. The lowest BCUT2D eigenvalue weighted by atomic mass is 10.1. The van der Waals surface area contributed by atoms with Crippen molar-refractivity contribution in [3.8, 4) is 17.1 Å². The Labute approximate surface area is 185 Å². The molecule has 5 aromatic rings. The summed E-state index contributed by atoms with van der Waals surface area (Å²) in [6, 6.07) is 29.2. The average Bonchev–Trinajstić information content (AvgIpc) is 3.20. The fraction of sp³-hybridized carbons (Fsp3) is 0.111. The molecule has 0 spiro atoms. The Morgan fingerprint density at radius 3 is 2.47 bits per heavy atom. The largest absolute Gasteiger partial charge is 0.493 e. The Morgan fingerprint density at radius 1 is 0.875 bits per heavy atom. The number of rotatable bonds is 7. The number of para-hydroxylation sites is 2. The maximum absolute atomic E-state index is 11.2. The van der Waals surface area contributed by atoms with Crippen molar-refractivity contribution in [3.05, 3.63) is 96.6 Å². The molecule has 0 aliphatic carbocycles. The third-order valence-corrected chi connectivity index (χ3v) is 5.58. The molecule has 4 aromatic carbocycles. The summed E-state index contributed by atoms with van der Waals surface area (Å²) in [5, 5.41) is 11.5. The second-order valence-corrected chi connectivity index (χ2v) is 7.64. The number of carboxylic acids is 1. The highest BCUT2D eigenvalue weighted by molar-refractivity contribution is 5.89. The van der Waals surface area contributed by atoms with Crippen LogP contribution in [0.1, 0.15) is 16.8 Å². The molecular weight excluding hydrogens is 400 g/mol. The van der Waals surface area contributed by atoms with Gasteiger partial charge in [-0.1, -0.05) is 60.7 Å². The van der Waals surface area contributed by atoms with Crippen molar-refractivity contribution >= 4 is 27.8 Å². The Balaban J connectivity index is 1.37. The molecule has 5 rings (SSSR count). The number of aromatic carboxylic acids is 1. The molecule has 0 unspecified atom stereocenters. The van der Waals surface area contributed by atoms with E-state index in [0.717, 1.165) is 51.9 Å². The fourth-order valence-electron chi connectivity index (χ4n) is 4.01. The van der Waals surface area contributed by atoms with Gasteiger partial charge in [-0.3, -0.25) is 0 Å². The smallest absolute Gasteiger partial charge is 0.335 e. The molecule has 5 heteroatoms. The van der Waals surface area contributed by atoms with Crippen LogP contribution in [0.2, 0.25) is 0 Å². The van der Waals surface area contributed by atoms with Crippen LogP contribution in [0.4, 0.5) is 0 Å². The van der Waals surface area contributed by atoms with Crippen molar-refractivity contribution in [2.75, 3.05) is 6.61 Å². The molecule has 0 aliphatic heterocycles. The number of aryl methyl sites for hydroxylation is 1. The zero-order valence-corrected chi connectivity index (χ0v) is 17.4. The van der Waals surface area contributed by atoms with E-state index in [-0.39, 0.29) is 5.56 Å². The van der Waals surface area contributed by atoms with Crippen LogP contribution in [0.25, 0.3) is 33.2 Å². The standard InChI is InChI=1S/C27H22N2O3/c30-27(31)21-15-13-20(14-16-21)26-28-23-10-3-4-11-24(23)29(26)17-6-18-32-25-12-5-8-19-7-1-2-9-22(19)25/h1-5,7-16H,6,17-18H2,(H,30,31). The molecule has 0 fully saturated rings. The van der Waals surface area contributed by atoms with E-state index < -0.39 is 5.97 Å². The molecule has 0 radical (unpaired) electrons. The average molecular weight is 422 g/mol. The van der Waals surface area contributed by atoms with Gasteiger partial charge in [-0.15, -0.1) is 0 Å². The Bertz CT molecular complexity index is 1400. The summed E-state index contributed by atoms with van der Waals surface area (Å²) < 4.78 is 8.30. The predicted molar refractivity (Wildman–Crippen MR) is 126 cm³/mol. The topological polar surface area (TPSA) is 64.3 Å². The van der Waals surface area contributed by atoms with Crippen LogP contribution in [0.15, 0.2) is 91.0 Å². The van der Waals surface area contributed by atoms with Crippen LogP contribution in [0.5, 0.6) is 5.75 Å². The second-order valence-electron chi connectivity index (χ2n) is 7.64. The van der Waals surface area contributed by atoms with E-state index >= 15 is 0 Å². The third-order valence-electron chi connectivity index (χ3n) is 5.58. The summed E-state index contributed by atoms with van der Waals surface area (Å²) in [6.07, 6.45) is 0.809. The number of hydrogen-bond acceptors (Lipinski definition) is 3. The van der Waals surface area contributed by atoms with Crippen molar-refractivity contribution in [2.45, 2.75) is 13.0 Å². The van der Waals surface area contributed by atoms with E-state index in [2.05, 4.69) is 28.8 Å². The van der Waals surface area contributed by atoms with E-state index in [1.807, 2.05) is 54.6 Å². The number of nitrogens with zero attached hydrogens (tertiary/aromatic N) is 2. The van der Waals surface area contributed by atoms with Crippen molar-refractivity contribution in [1.29, 1.82) is 0 Å². The summed E-state index contributed by atoms with van der Waals surface area (Å²) in [4.78, 5) is 16.0. The highest BCUT2D eigenvalue weighted by Gasteiger charge is 2.13. The molecule has 1 heterocycles. The van der Waals surface area contributed by atoms with Gasteiger partial charge in [-0.05, 0) is 42.1 Å². The van der Waals surface area contributed by atoms with Crippen molar-refractivity contribution < 1.29 is 14.6 Å². The second kappa shape index (κ2) is 8.55. The maximum atomic E-state index is 11.2. The van der Waals surface area contributed by atoms with Crippen molar-refractivity contribution in [2.24, 2.45) is 0 Å². The quantitative estimate of drug-likeness (QED) is 0.326. The monoisotopic (exact) mass is 422 g/mol. The molecule has 0 aliphatic rings. The van der Waals surface area contributed by atoms with E-state index in [0.29, 0.717) is 6.61 Å². The van der Waals surface area contributed by atoms with E-state index in [1.54, 1.807) is 12.1 Å². The lowest BCUT2D eigenvalue weighted by Gasteiger charge is -2.12. The molecule has 5 nitrogen and oxygen atoms in total. The first-order valence-corrected chi connectivity index (χ1v) is 10.6. The molecule has 0 amide bonds. The van der Waals surface area contributed by atoms with Crippen LogP contribution in [0.3, 0.4) is 0 Å². The lowest BCUT2D eigenvalue weighted by molar-refractivity contribution is 0.0697. The Kier molecular flexibility index (Phi) is 5.30. The number of ether oxygens (including phenoxy) is 1. The SMILES string of the molecule is O=C(O)c1ccc(-c2nc3ccccc3n2CCCOc2cccc3ccccc23)cc1. The van der Waals surface area contributed by atoms with E-state index in [1.165, 1.54) is 0 Å². The molecule has 1 N–H and O–H groups in total. The van der Waals surface area contributed by atoms with Crippen LogP contribution in [-0.4, -0.2) is 27.2 Å². The minimum absolute atomic E-state index is 0.264. The Morgan fingerprint density at radius 2 is 1.62 bits per heavy atom. The predicted octanol–water partition coefficient (Wildman–Crippen LogP) is 6.02. The number of carbonyl (C=O) groups is 1. The fourth-order valence-corrected chi connectivity index (χ4v) is 4.01. The van der Waals surface area contributed by atoms with Gasteiger partial charge < -0.3 is 14.4 Å². The molecule has 0 bridgehead atoms. The van der Waals surface area contributed by atoms with E-state index in [9.17, 15) is 9.90 Å². The van der Waals surface area contributed by atoms with Crippen molar-refractivity contribution in [3.63, 3.8) is 0 Å². The van der Waals surface area contributed by atoms with Crippen LogP contribution < -0.4 is 4.74 Å².